The third kappa shape index (κ3) is 4.14. The molecular formula is C14H16F2N2O3. The molecule has 0 aliphatic heterocycles. The molecule has 0 saturated heterocycles. The van der Waals surface area contributed by atoms with Gasteiger partial charge in [-0.1, -0.05) is 0 Å². The number of benzene rings is 1. The molecule has 0 bridgehead atoms. The monoisotopic (exact) mass is 298 g/mol. The predicted octanol–water partition coefficient (Wildman–Crippen LogP) is 2.65. The number of amides is 2. The van der Waals surface area contributed by atoms with E-state index in [0.29, 0.717) is 0 Å². The highest BCUT2D eigenvalue weighted by molar-refractivity contribution is 5.90. The molecule has 2 rings (SSSR count). The van der Waals surface area contributed by atoms with Gasteiger partial charge >= 0.3 is 12.0 Å². The van der Waals surface area contributed by atoms with E-state index in [-0.39, 0.29) is 23.6 Å². The lowest BCUT2D eigenvalue weighted by Gasteiger charge is -2.17. The van der Waals surface area contributed by atoms with Gasteiger partial charge in [-0.2, -0.15) is 0 Å². The molecule has 1 aliphatic rings. The normalized spacial score (nSPS) is 15.4. The largest absolute Gasteiger partial charge is 0.481 e. The number of aryl methyl sites for hydroxylation is 1. The van der Waals surface area contributed by atoms with Crippen LogP contribution in [0.15, 0.2) is 12.1 Å². The number of hydrogen-bond acceptors (Lipinski definition) is 2. The summed E-state index contributed by atoms with van der Waals surface area (Å²) in [5.41, 5.74) is -0.138. The fourth-order valence-corrected chi connectivity index (χ4v) is 2.09. The second-order valence-corrected chi connectivity index (χ2v) is 5.22. The van der Waals surface area contributed by atoms with Crippen LogP contribution in [-0.2, 0) is 4.79 Å². The standard InChI is InChI=1S/C14H16F2N2O3/c1-7-4-10(16)12(5-9(7)15)18-14(21)17-11(6-13(19)20)8-2-3-8/h4-5,8,11H,2-3,6H2,1H3,(H,19,20)(H2,17,18,21). The summed E-state index contributed by atoms with van der Waals surface area (Å²) in [4.78, 5) is 22.5. The van der Waals surface area contributed by atoms with Crippen molar-refractivity contribution in [3.05, 3.63) is 29.3 Å². The molecule has 1 saturated carbocycles. The van der Waals surface area contributed by atoms with Crippen molar-refractivity contribution in [2.75, 3.05) is 5.32 Å². The maximum absolute atomic E-state index is 13.6. The average molecular weight is 298 g/mol. The van der Waals surface area contributed by atoms with Crippen molar-refractivity contribution < 1.29 is 23.5 Å². The number of carboxylic acid groups (broad SMARTS) is 1. The smallest absolute Gasteiger partial charge is 0.319 e. The predicted molar refractivity (Wildman–Crippen MR) is 72.0 cm³/mol. The average Bonchev–Trinajstić information content (AvgIpc) is 3.18. The van der Waals surface area contributed by atoms with Crippen LogP contribution in [-0.4, -0.2) is 23.1 Å². The summed E-state index contributed by atoms with van der Waals surface area (Å²) < 4.78 is 27.0. The highest BCUT2D eigenvalue weighted by Crippen LogP contribution is 2.34. The Hall–Kier alpha value is -2.18. The highest BCUT2D eigenvalue weighted by atomic mass is 19.1. The van der Waals surface area contributed by atoms with Crippen LogP contribution in [0.1, 0.15) is 24.8 Å². The molecule has 0 aromatic heterocycles. The number of rotatable bonds is 5. The van der Waals surface area contributed by atoms with Crippen LogP contribution >= 0.6 is 0 Å². The Morgan fingerprint density at radius 1 is 1.33 bits per heavy atom. The van der Waals surface area contributed by atoms with Crippen LogP contribution in [0.5, 0.6) is 0 Å². The van der Waals surface area contributed by atoms with Crippen molar-refractivity contribution in [3.63, 3.8) is 0 Å². The van der Waals surface area contributed by atoms with E-state index < -0.39 is 29.7 Å². The number of hydrogen-bond donors (Lipinski definition) is 3. The van der Waals surface area contributed by atoms with Crippen LogP contribution in [0.4, 0.5) is 19.3 Å². The van der Waals surface area contributed by atoms with Crippen LogP contribution in [0.2, 0.25) is 0 Å². The van der Waals surface area contributed by atoms with Crippen molar-refractivity contribution in [2.45, 2.75) is 32.2 Å². The minimum absolute atomic E-state index is 0.131. The van der Waals surface area contributed by atoms with Gasteiger partial charge < -0.3 is 15.7 Å². The molecule has 2 amide bonds. The zero-order chi connectivity index (χ0) is 15.6. The number of carboxylic acids is 1. The quantitative estimate of drug-likeness (QED) is 0.782. The number of carbonyl (C=O) groups excluding carboxylic acids is 1. The van der Waals surface area contributed by atoms with E-state index >= 15 is 0 Å². The molecular weight excluding hydrogens is 282 g/mol. The second-order valence-electron chi connectivity index (χ2n) is 5.22. The van der Waals surface area contributed by atoms with Gasteiger partial charge in [0.1, 0.15) is 11.6 Å². The van der Waals surface area contributed by atoms with E-state index in [0.717, 1.165) is 25.0 Å². The van der Waals surface area contributed by atoms with Crippen molar-refractivity contribution >= 4 is 17.7 Å². The van der Waals surface area contributed by atoms with Gasteiger partial charge in [0, 0.05) is 12.1 Å². The first-order chi connectivity index (χ1) is 9.86. The van der Waals surface area contributed by atoms with Gasteiger partial charge in [-0.15, -0.1) is 0 Å². The summed E-state index contributed by atoms with van der Waals surface area (Å²) in [6, 6.07) is 0.643. The fourth-order valence-electron chi connectivity index (χ4n) is 2.09. The number of urea groups is 1. The summed E-state index contributed by atoms with van der Waals surface area (Å²) in [6.45, 7) is 1.41. The van der Waals surface area contributed by atoms with Crippen LogP contribution < -0.4 is 10.6 Å². The molecule has 1 aromatic carbocycles. The molecule has 1 unspecified atom stereocenters. The third-order valence-corrected chi connectivity index (χ3v) is 3.40. The van der Waals surface area contributed by atoms with Crippen LogP contribution in [0.25, 0.3) is 0 Å². The second kappa shape index (κ2) is 6.07. The Bertz CT molecular complexity index is 574. The summed E-state index contributed by atoms with van der Waals surface area (Å²) in [7, 11) is 0. The lowest BCUT2D eigenvalue weighted by molar-refractivity contribution is -0.137. The Kier molecular flexibility index (Phi) is 4.40. The maximum atomic E-state index is 13.6. The van der Waals surface area contributed by atoms with Crippen molar-refractivity contribution in [2.24, 2.45) is 5.92 Å². The Labute approximate surface area is 120 Å². The molecule has 114 valence electrons. The van der Waals surface area contributed by atoms with Crippen LogP contribution in [0.3, 0.4) is 0 Å². The molecule has 21 heavy (non-hydrogen) atoms. The summed E-state index contributed by atoms with van der Waals surface area (Å²) >= 11 is 0. The summed E-state index contributed by atoms with van der Waals surface area (Å²) in [6.07, 6.45) is 1.51. The molecule has 1 fully saturated rings. The van der Waals surface area contributed by atoms with E-state index in [4.69, 9.17) is 5.11 Å². The first-order valence-electron chi connectivity index (χ1n) is 6.61. The van der Waals surface area contributed by atoms with Crippen LogP contribution in [0, 0.1) is 24.5 Å². The number of nitrogens with one attached hydrogen (secondary N) is 2. The zero-order valence-electron chi connectivity index (χ0n) is 11.5. The minimum atomic E-state index is -1.01. The number of anilines is 1. The molecule has 0 spiro atoms. The molecule has 7 heteroatoms. The van der Waals surface area contributed by atoms with Gasteiger partial charge in [-0.3, -0.25) is 4.79 Å². The maximum Gasteiger partial charge on any atom is 0.319 e. The van der Waals surface area contributed by atoms with Crippen molar-refractivity contribution in [3.8, 4) is 0 Å². The van der Waals surface area contributed by atoms with E-state index in [2.05, 4.69) is 10.6 Å². The first-order valence-corrected chi connectivity index (χ1v) is 6.61. The number of carbonyl (C=O) groups is 2. The molecule has 1 atom stereocenters. The van der Waals surface area contributed by atoms with E-state index in [9.17, 15) is 18.4 Å². The molecule has 3 N–H and O–H groups in total. The van der Waals surface area contributed by atoms with E-state index in [1.165, 1.54) is 6.92 Å². The van der Waals surface area contributed by atoms with Gasteiger partial charge in [0.25, 0.3) is 0 Å². The van der Waals surface area contributed by atoms with E-state index in [1.807, 2.05) is 0 Å². The molecule has 5 nitrogen and oxygen atoms in total. The lowest BCUT2D eigenvalue weighted by atomic mass is 10.1. The van der Waals surface area contributed by atoms with Crippen molar-refractivity contribution in [1.29, 1.82) is 0 Å². The van der Waals surface area contributed by atoms with Gasteiger partial charge in [0.05, 0.1) is 12.1 Å². The lowest BCUT2D eigenvalue weighted by Crippen LogP contribution is -2.40. The number of aliphatic carboxylic acids is 1. The Morgan fingerprint density at radius 2 is 2.00 bits per heavy atom. The Morgan fingerprint density at radius 3 is 2.57 bits per heavy atom. The molecule has 0 heterocycles. The molecule has 0 radical (unpaired) electrons. The van der Waals surface area contributed by atoms with Gasteiger partial charge in [0.15, 0.2) is 0 Å². The molecule has 1 aliphatic carbocycles. The van der Waals surface area contributed by atoms with Crippen molar-refractivity contribution in [1.82, 2.24) is 5.32 Å². The van der Waals surface area contributed by atoms with Gasteiger partial charge in [-0.25, -0.2) is 13.6 Å². The summed E-state index contributed by atoms with van der Waals surface area (Å²) in [5, 5.41) is 13.5. The third-order valence-electron chi connectivity index (χ3n) is 3.40. The highest BCUT2D eigenvalue weighted by Gasteiger charge is 2.33. The fraction of sp³-hybridized carbons (Fsp3) is 0.429. The number of halogens is 2. The zero-order valence-corrected chi connectivity index (χ0v) is 11.5. The summed E-state index contributed by atoms with van der Waals surface area (Å²) in [5.74, 6) is -2.26. The SMILES string of the molecule is Cc1cc(F)c(NC(=O)NC(CC(=O)O)C2CC2)cc1F. The van der Waals surface area contributed by atoms with Gasteiger partial charge in [0.2, 0.25) is 0 Å². The topological polar surface area (TPSA) is 78.4 Å². The Balaban J connectivity index is 2.00. The van der Waals surface area contributed by atoms with E-state index in [1.54, 1.807) is 0 Å². The minimum Gasteiger partial charge on any atom is -0.481 e. The van der Waals surface area contributed by atoms with Gasteiger partial charge in [-0.05, 0) is 37.3 Å². The molecule has 1 aromatic rings. The first kappa shape index (κ1) is 15.2.